The summed E-state index contributed by atoms with van der Waals surface area (Å²) in [6.07, 6.45) is -0.329. The highest BCUT2D eigenvalue weighted by atomic mass is 16.6. The number of rotatable bonds is 2. The van der Waals surface area contributed by atoms with Gasteiger partial charge in [0.1, 0.15) is 0 Å². The summed E-state index contributed by atoms with van der Waals surface area (Å²) in [5, 5.41) is 10.5. The van der Waals surface area contributed by atoms with E-state index in [0.717, 1.165) is 11.3 Å². The maximum absolute atomic E-state index is 10.5. The molecular weight excluding hydrogens is 186 g/mol. The largest absolute Gasteiger partial charge is 0.361 e. The van der Waals surface area contributed by atoms with Crippen LogP contribution in [-0.4, -0.2) is 12.0 Å². The Morgan fingerprint density at radius 1 is 1.57 bits per heavy atom. The van der Waals surface area contributed by atoms with Crippen molar-refractivity contribution in [3.05, 3.63) is 33.9 Å². The number of ether oxygens (including phenoxy) is 1. The van der Waals surface area contributed by atoms with E-state index < -0.39 is 4.92 Å². The van der Waals surface area contributed by atoms with Crippen LogP contribution in [0.25, 0.3) is 0 Å². The topological polar surface area (TPSA) is 76.4 Å². The van der Waals surface area contributed by atoms with Crippen molar-refractivity contribution in [2.24, 2.45) is 0 Å². The van der Waals surface area contributed by atoms with Crippen molar-refractivity contribution >= 4 is 11.4 Å². The molecule has 0 spiro atoms. The molecular formula is C8H9N3O3. The van der Waals surface area contributed by atoms with E-state index in [1.165, 1.54) is 19.2 Å². The molecule has 1 aromatic rings. The fourth-order valence-corrected chi connectivity index (χ4v) is 1.40. The molecule has 0 fully saturated rings. The van der Waals surface area contributed by atoms with Gasteiger partial charge in [-0.2, -0.15) is 0 Å². The second kappa shape index (κ2) is 3.24. The van der Waals surface area contributed by atoms with Crippen molar-refractivity contribution in [1.29, 1.82) is 0 Å². The van der Waals surface area contributed by atoms with Crippen LogP contribution in [0.5, 0.6) is 0 Å². The van der Waals surface area contributed by atoms with Gasteiger partial charge in [-0.1, -0.05) is 0 Å². The highest BCUT2D eigenvalue weighted by Gasteiger charge is 2.23. The van der Waals surface area contributed by atoms with Crippen molar-refractivity contribution in [1.82, 2.24) is 5.43 Å². The minimum Gasteiger partial charge on any atom is -0.361 e. The van der Waals surface area contributed by atoms with Gasteiger partial charge < -0.3 is 10.2 Å². The van der Waals surface area contributed by atoms with Crippen molar-refractivity contribution < 1.29 is 9.66 Å². The molecule has 0 radical (unpaired) electrons. The summed E-state index contributed by atoms with van der Waals surface area (Å²) in [4.78, 5) is 10.1. The van der Waals surface area contributed by atoms with Crippen LogP contribution in [0.2, 0.25) is 0 Å². The van der Waals surface area contributed by atoms with Gasteiger partial charge in [-0.25, -0.2) is 5.43 Å². The minimum atomic E-state index is -0.425. The number of nitrogens with zero attached hydrogens (tertiary/aromatic N) is 1. The summed E-state index contributed by atoms with van der Waals surface area (Å²) in [5.41, 5.74) is 7.34. The summed E-state index contributed by atoms with van der Waals surface area (Å²) in [6.45, 7) is 0. The molecule has 0 bridgehead atoms. The number of nitrogens with one attached hydrogen (secondary N) is 2. The Balaban J connectivity index is 2.42. The molecule has 0 aromatic heterocycles. The molecule has 1 aromatic carbocycles. The van der Waals surface area contributed by atoms with E-state index in [9.17, 15) is 10.1 Å². The SMILES string of the molecule is COC1NNc2ccc([N+](=O)[O-])cc21. The van der Waals surface area contributed by atoms with Gasteiger partial charge in [0.15, 0.2) is 6.23 Å². The first kappa shape index (κ1) is 8.92. The molecule has 0 amide bonds. The van der Waals surface area contributed by atoms with E-state index in [1.54, 1.807) is 6.07 Å². The molecule has 0 saturated carbocycles. The van der Waals surface area contributed by atoms with Gasteiger partial charge in [-0.05, 0) is 6.07 Å². The van der Waals surface area contributed by atoms with E-state index >= 15 is 0 Å². The van der Waals surface area contributed by atoms with Crippen LogP contribution in [0, 0.1) is 10.1 Å². The number of hydrazine groups is 1. The highest BCUT2D eigenvalue weighted by molar-refractivity contribution is 5.59. The summed E-state index contributed by atoms with van der Waals surface area (Å²) in [7, 11) is 1.54. The minimum absolute atomic E-state index is 0.0660. The van der Waals surface area contributed by atoms with Crippen LogP contribution in [0.3, 0.4) is 0 Å². The summed E-state index contributed by atoms with van der Waals surface area (Å²) in [6, 6.07) is 4.60. The standard InChI is InChI=1S/C8H9N3O3/c1-14-8-6-4-5(11(12)13)2-3-7(6)9-10-8/h2-4,8-10H,1H3. The number of hydrogen-bond acceptors (Lipinski definition) is 5. The van der Waals surface area contributed by atoms with Crippen LogP contribution in [0.1, 0.15) is 11.8 Å². The summed E-state index contributed by atoms with van der Waals surface area (Å²) >= 11 is 0. The zero-order chi connectivity index (χ0) is 10.1. The molecule has 1 unspecified atom stereocenters. The van der Waals surface area contributed by atoms with Crippen molar-refractivity contribution in [3.63, 3.8) is 0 Å². The van der Waals surface area contributed by atoms with Crippen LogP contribution in [0.4, 0.5) is 11.4 Å². The Bertz CT molecular complexity index is 380. The second-order valence-corrected chi connectivity index (χ2v) is 2.91. The maximum Gasteiger partial charge on any atom is 0.270 e. The number of nitro groups is 1. The lowest BCUT2D eigenvalue weighted by Crippen LogP contribution is -2.19. The number of non-ortho nitro benzene ring substituents is 1. The summed E-state index contributed by atoms with van der Waals surface area (Å²) in [5.74, 6) is 0. The van der Waals surface area contributed by atoms with Gasteiger partial charge in [-0.15, -0.1) is 0 Å². The van der Waals surface area contributed by atoms with Gasteiger partial charge in [0.05, 0.1) is 10.6 Å². The zero-order valence-corrected chi connectivity index (χ0v) is 7.48. The molecule has 6 nitrogen and oxygen atoms in total. The van der Waals surface area contributed by atoms with Crippen LogP contribution in [0.15, 0.2) is 18.2 Å². The van der Waals surface area contributed by atoms with E-state index in [0.29, 0.717) is 0 Å². The van der Waals surface area contributed by atoms with Crippen molar-refractivity contribution in [3.8, 4) is 0 Å². The van der Waals surface area contributed by atoms with Gasteiger partial charge in [0.25, 0.3) is 5.69 Å². The Hall–Kier alpha value is -1.66. The number of benzene rings is 1. The fourth-order valence-electron chi connectivity index (χ4n) is 1.40. The molecule has 74 valence electrons. The number of nitro benzene ring substituents is 1. The monoisotopic (exact) mass is 195 g/mol. The third-order valence-electron chi connectivity index (χ3n) is 2.10. The number of anilines is 1. The third-order valence-corrected chi connectivity index (χ3v) is 2.10. The van der Waals surface area contributed by atoms with Gasteiger partial charge in [0.2, 0.25) is 0 Å². The molecule has 2 N–H and O–H groups in total. The first-order valence-electron chi connectivity index (χ1n) is 4.05. The van der Waals surface area contributed by atoms with Gasteiger partial charge >= 0.3 is 0 Å². The van der Waals surface area contributed by atoms with Crippen LogP contribution in [-0.2, 0) is 4.74 Å². The number of fused-ring (bicyclic) bond motifs is 1. The fraction of sp³-hybridized carbons (Fsp3) is 0.250. The zero-order valence-electron chi connectivity index (χ0n) is 7.48. The predicted octanol–water partition coefficient (Wildman–Crippen LogP) is 1.17. The molecule has 1 atom stereocenters. The van der Waals surface area contributed by atoms with E-state index in [1.807, 2.05) is 0 Å². The molecule has 1 heterocycles. The molecule has 1 aliphatic rings. The average molecular weight is 195 g/mol. The first-order chi connectivity index (χ1) is 6.72. The van der Waals surface area contributed by atoms with Gasteiger partial charge in [0, 0.05) is 24.8 Å². The van der Waals surface area contributed by atoms with Crippen molar-refractivity contribution in [2.75, 3.05) is 12.5 Å². The lowest BCUT2D eigenvalue weighted by atomic mass is 10.1. The number of hydrogen-bond donors (Lipinski definition) is 2. The lowest BCUT2D eigenvalue weighted by molar-refractivity contribution is -0.384. The smallest absolute Gasteiger partial charge is 0.270 e. The van der Waals surface area contributed by atoms with E-state index in [-0.39, 0.29) is 11.9 Å². The summed E-state index contributed by atoms with van der Waals surface area (Å²) < 4.78 is 5.08. The maximum atomic E-state index is 10.5. The second-order valence-electron chi connectivity index (χ2n) is 2.91. The van der Waals surface area contributed by atoms with Gasteiger partial charge in [-0.3, -0.25) is 10.1 Å². The Morgan fingerprint density at radius 2 is 2.36 bits per heavy atom. The normalized spacial score (nSPS) is 18.8. The Labute approximate surface area is 80.0 Å². The molecule has 6 heteroatoms. The van der Waals surface area contributed by atoms with E-state index in [2.05, 4.69) is 10.9 Å². The highest BCUT2D eigenvalue weighted by Crippen LogP contribution is 2.31. The third kappa shape index (κ3) is 1.30. The van der Waals surface area contributed by atoms with Crippen LogP contribution >= 0.6 is 0 Å². The van der Waals surface area contributed by atoms with E-state index in [4.69, 9.17) is 4.74 Å². The average Bonchev–Trinajstić information content (AvgIpc) is 2.59. The Kier molecular flexibility index (Phi) is 2.06. The molecule has 14 heavy (non-hydrogen) atoms. The quantitative estimate of drug-likeness (QED) is 0.547. The molecule has 0 saturated heterocycles. The Morgan fingerprint density at radius 3 is 3.00 bits per heavy atom. The number of methoxy groups -OCH3 is 1. The van der Waals surface area contributed by atoms with Crippen LogP contribution < -0.4 is 10.9 Å². The molecule has 1 aliphatic heterocycles. The van der Waals surface area contributed by atoms with Crippen molar-refractivity contribution in [2.45, 2.75) is 6.23 Å². The lowest BCUT2D eigenvalue weighted by Gasteiger charge is -2.06. The predicted molar refractivity (Wildman–Crippen MR) is 49.6 cm³/mol. The first-order valence-corrected chi connectivity index (χ1v) is 4.05. The molecule has 2 rings (SSSR count). The molecule has 0 aliphatic carbocycles.